The first kappa shape index (κ1) is 12.5. The topological polar surface area (TPSA) is 30.9 Å². The van der Waals surface area contributed by atoms with Crippen LogP contribution in [-0.4, -0.2) is 60.2 Å². The molecule has 0 aromatic heterocycles. The normalized spacial score (nSPS) is 31.6. The Kier molecular flexibility index (Phi) is 4.41. The van der Waals surface area contributed by atoms with Gasteiger partial charge in [-0.3, -0.25) is 4.90 Å². The maximum atomic E-state index is 4.75. The Hall–Kier alpha value is 0.0900. The summed E-state index contributed by atoms with van der Waals surface area (Å²) >= 11 is 0. The molecule has 4 nitrogen and oxygen atoms in total. The first-order valence-electron chi connectivity index (χ1n) is 5.76. The van der Waals surface area contributed by atoms with E-state index in [-0.39, 0.29) is 0 Å². The summed E-state index contributed by atoms with van der Waals surface area (Å²) in [5.41, 5.74) is 0.318. The molecule has 0 amide bonds. The lowest BCUT2D eigenvalue weighted by molar-refractivity contribution is 0.188. The maximum Gasteiger partial charge on any atom is 0.172 e. The van der Waals surface area contributed by atoms with Crippen LogP contribution in [-0.2, 0) is 0 Å². The van der Waals surface area contributed by atoms with Gasteiger partial charge in [-0.15, -0.1) is 0 Å². The fraction of sp³-hybridized carbons (Fsp3) is 0.900. The number of amidine groups is 1. The molecule has 0 aromatic carbocycles. The summed E-state index contributed by atoms with van der Waals surface area (Å²) < 4.78 is 0. The minimum atomic E-state index is 0.318. The third-order valence-electron chi connectivity index (χ3n) is 2.90. The van der Waals surface area contributed by atoms with Crippen LogP contribution in [0.15, 0.2) is 4.99 Å². The van der Waals surface area contributed by atoms with Crippen molar-refractivity contribution in [2.45, 2.75) is 24.9 Å². The van der Waals surface area contributed by atoms with Gasteiger partial charge >= 0.3 is 0 Å². The summed E-state index contributed by atoms with van der Waals surface area (Å²) in [4.78, 5) is 9.33. The summed E-state index contributed by atoms with van der Waals surface area (Å²) in [6.45, 7) is 5.57. The number of rotatable bonds is 2. The number of aliphatic imine (C=N–C) groups is 1. The van der Waals surface area contributed by atoms with Gasteiger partial charge in [0.15, 0.2) is 10.7 Å². The van der Waals surface area contributed by atoms with Gasteiger partial charge in [0.1, 0.15) is 0 Å². The molecular formula is C10H20N4S2. The third-order valence-corrected chi connectivity index (χ3v) is 5.45. The van der Waals surface area contributed by atoms with Gasteiger partial charge in [0, 0.05) is 39.8 Å². The molecule has 0 bridgehead atoms. The van der Waals surface area contributed by atoms with Gasteiger partial charge < -0.3 is 10.2 Å². The number of hydrogen-bond donors (Lipinski definition) is 1. The molecule has 0 spiro atoms. The van der Waals surface area contributed by atoms with E-state index in [2.05, 4.69) is 36.1 Å². The number of nitrogens with zero attached hydrogens (tertiary/aromatic N) is 3. The molecule has 0 aliphatic carbocycles. The average molecular weight is 260 g/mol. The second kappa shape index (κ2) is 5.62. The predicted octanol–water partition coefficient (Wildman–Crippen LogP) is 1.27. The molecule has 0 aromatic rings. The van der Waals surface area contributed by atoms with Crippen LogP contribution in [0.5, 0.6) is 0 Å². The van der Waals surface area contributed by atoms with Gasteiger partial charge in [-0.05, 0) is 28.0 Å². The van der Waals surface area contributed by atoms with E-state index in [1.807, 2.05) is 10.8 Å². The van der Waals surface area contributed by atoms with Crippen LogP contribution in [0.25, 0.3) is 0 Å². The van der Waals surface area contributed by atoms with Crippen LogP contribution in [0.1, 0.15) is 13.3 Å². The molecule has 2 aliphatic rings. The molecule has 2 atom stereocenters. The molecular weight excluding hydrogens is 240 g/mol. The zero-order chi connectivity index (χ0) is 11.5. The fourth-order valence-corrected chi connectivity index (χ4v) is 4.46. The maximum absolute atomic E-state index is 4.75. The highest BCUT2D eigenvalue weighted by atomic mass is 33.1. The van der Waals surface area contributed by atoms with Gasteiger partial charge in [-0.1, -0.05) is 6.92 Å². The molecule has 0 radical (unpaired) electrons. The van der Waals surface area contributed by atoms with Gasteiger partial charge in [0.25, 0.3) is 0 Å². The van der Waals surface area contributed by atoms with Crippen molar-refractivity contribution in [3.05, 3.63) is 0 Å². The van der Waals surface area contributed by atoms with Gasteiger partial charge in [-0.2, -0.15) is 0 Å². The van der Waals surface area contributed by atoms with E-state index < -0.39 is 0 Å². The second-order valence-electron chi connectivity index (χ2n) is 4.37. The van der Waals surface area contributed by atoms with Crippen molar-refractivity contribution in [2.75, 3.05) is 33.7 Å². The summed E-state index contributed by atoms with van der Waals surface area (Å²) in [5.74, 6) is 0. The first-order valence-corrected chi connectivity index (χ1v) is 7.98. The van der Waals surface area contributed by atoms with Crippen LogP contribution in [0.3, 0.4) is 0 Å². The van der Waals surface area contributed by atoms with E-state index in [4.69, 9.17) is 4.99 Å². The number of hydrogen-bond acceptors (Lipinski definition) is 6. The molecule has 2 unspecified atom stereocenters. The second-order valence-corrected chi connectivity index (χ2v) is 6.59. The third kappa shape index (κ3) is 2.85. The Morgan fingerprint density at radius 2 is 2.38 bits per heavy atom. The van der Waals surface area contributed by atoms with E-state index in [1.165, 1.54) is 6.42 Å². The molecule has 1 N–H and O–H groups in total. The summed E-state index contributed by atoms with van der Waals surface area (Å²) in [5, 5.41) is 4.68. The first-order chi connectivity index (χ1) is 7.70. The standard InChI is InChI=1S/C10H20N4S2/c1-4-8-7-14(6-5-11-8)10-12-9(13(2)3)15-16-10/h8,10-11H,4-7H2,1-3H3. The Morgan fingerprint density at radius 3 is 3.00 bits per heavy atom. The highest BCUT2D eigenvalue weighted by Crippen LogP contribution is 2.38. The van der Waals surface area contributed by atoms with Crippen molar-refractivity contribution >= 4 is 26.8 Å². The molecule has 16 heavy (non-hydrogen) atoms. The molecule has 92 valence electrons. The van der Waals surface area contributed by atoms with E-state index >= 15 is 0 Å². The lowest BCUT2D eigenvalue weighted by Crippen LogP contribution is -2.52. The average Bonchev–Trinajstić information content (AvgIpc) is 2.78. The molecule has 0 saturated carbocycles. The number of piperazine rings is 1. The van der Waals surface area contributed by atoms with Crippen molar-refractivity contribution in [3.8, 4) is 0 Å². The zero-order valence-electron chi connectivity index (χ0n) is 10.1. The van der Waals surface area contributed by atoms with Crippen LogP contribution >= 0.6 is 21.6 Å². The Labute approximate surface area is 106 Å². The smallest absolute Gasteiger partial charge is 0.172 e. The van der Waals surface area contributed by atoms with Crippen molar-refractivity contribution in [2.24, 2.45) is 4.99 Å². The SMILES string of the molecule is CCC1CN(C2N=C(N(C)C)SS2)CCN1. The minimum absolute atomic E-state index is 0.318. The lowest BCUT2D eigenvalue weighted by atomic mass is 10.2. The Morgan fingerprint density at radius 1 is 1.56 bits per heavy atom. The lowest BCUT2D eigenvalue weighted by Gasteiger charge is -2.34. The monoisotopic (exact) mass is 260 g/mol. The van der Waals surface area contributed by atoms with Crippen molar-refractivity contribution in [3.63, 3.8) is 0 Å². The number of nitrogens with one attached hydrogen (secondary N) is 1. The van der Waals surface area contributed by atoms with Gasteiger partial charge in [-0.25, -0.2) is 4.99 Å². The van der Waals surface area contributed by atoms with Gasteiger partial charge in [0.05, 0.1) is 0 Å². The fourth-order valence-electron chi connectivity index (χ4n) is 1.88. The Balaban J connectivity index is 1.93. The molecule has 2 aliphatic heterocycles. The molecule has 6 heteroatoms. The van der Waals surface area contributed by atoms with Crippen molar-refractivity contribution in [1.29, 1.82) is 0 Å². The van der Waals surface area contributed by atoms with Gasteiger partial charge in [0.2, 0.25) is 0 Å². The predicted molar refractivity (Wildman–Crippen MR) is 73.7 cm³/mol. The van der Waals surface area contributed by atoms with Crippen molar-refractivity contribution < 1.29 is 0 Å². The Bertz CT molecular complexity index is 270. The van der Waals surface area contributed by atoms with Crippen LogP contribution < -0.4 is 5.32 Å². The summed E-state index contributed by atoms with van der Waals surface area (Å²) in [7, 11) is 7.77. The molecule has 1 saturated heterocycles. The minimum Gasteiger partial charge on any atom is -0.357 e. The highest BCUT2D eigenvalue weighted by Gasteiger charge is 2.29. The quantitative estimate of drug-likeness (QED) is 0.756. The molecule has 2 rings (SSSR count). The van der Waals surface area contributed by atoms with Crippen LogP contribution in [0.4, 0.5) is 0 Å². The highest BCUT2D eigenvalue weighted by molar-refractivity contribution is 8.82. The van der Waals surface area contributed by atoms with E-state index in [1.54, 1.807) is 10.8 Å². The summed E-state index contributed by atoms with van der Waals surface area (Å²) in [6.07, 6.45) is 1.20. The van der Waals surface area contributed by atoms with Crippen LogP contribution in [0, 0.1) is 0 Å². The van der Waals surface area contributed by atoms with Crippen LogP contribution in [0.2, 0.25) is 0 Å². The zero-order valence-corrected chi connectivity index (χ0v) is 11.8. The van der Waals surface area contributed by atoms with E-state index in [9.17, 15) is 0 Å². The molecule has 1 fully saturated rings. The van der Waals surface area contributed by atoms with E-state index in [0.29, 0.717) is 11.5 Å². The largest absolute Gasteiger partial charge is 0.357 e. The molecule has 2 heterocycles. The van der Waals surface area contributed by atoms with E-state index in [0.717, 1.165) is 24.8 Å². The van der Waals surface area contributed by atoms with Crippen molar-refractivity contribution in [1.82, 2.24) is 15.1 Å². The summed E-state index contributed by atoms with van der Waals surface area (Å²) in [6, 6.07) is 0.637.